The lowest BCUT2D eigenvalue weighted by molar-refractivity contribution is -0.144. The maximum atomic E-state index is 14.2. The maximum Gasteiger partial charge on any atom is 0.407 e. The van der Waals surface area contributed by atoms with Gasteiger partial charge in [-0.2, -0.15) is 0 Å². The average molecular weight is 765 g/mol. The van der Waals surface area contributed by atoms with Crippen LogP contribution < -0.4 is 21.3 Å². The Morgan fingerprint density at radius 3 is 2.19 bits per heavy atom. The average Bonchev–Trinajstić information content (AvgIpc) is 3.74. The monoisotopic (exact) mass is 764 g/mol. The standard InChI is InChI=1S/C37H60N6O9S/c1-12-13-15-24(29(45)32(47)38-19-27(44)40-28(33(48)42(10)11)26-16-14-17-53-26)39-31(46)25-18-23(52-37(7,8)9)20-43(25)34(49)30(36(4,5)6)41-35(50)51-21-22(2)3/h14,16-17,22-25,28,30H,12-13,15,18-21H2,1-11H3,(H,38,47)(H,39,46)(H,40,44)(H,41,50)/t23-,24?,25+,28+,30-/m1/s1. The SMILES string of the molecule is CCCCC(NC(=O)[C@@H]1C[C@@H](OC(C)(C)C)CN1C(=O)[C@@H](NC(=O)OCC(C)C)C(C)(C)C)C(=O)C(=O)NCC(=O)N[C@H](C(=O)N(C)C)c1cccs1. The van der Waals surface area contributed by atoms with Gasteiger partial charge in [0.15, 0.2) is 0 Å². The van der Waals surface area contributed by atoms with Crippen LogP contribution in [0.3, 0.4) is 0 Å². The summed E-state index contributed by atoms with van der Waals surface area (Å²) < 4.78 is 11.5. The van der Waals surface area contributed by atoms with Crippen molar-refractivity contribution in [3.63, 3.8) is 0 Å². The first kappa shape index (κ1) is 45.1. The molecule has 2 heterocycles. The van der Waals surface area contributed by atoms with E-state index in [0.717, 1.165) is 0 Å². The fraction of sp³-hybridized carbons (Fsp3) is 0.703. The summed E-state index contributed by atoms with van der Waals surface area (Å²) in [4.78, 5) is 96.3. The molecule has 0 spiro atoms. The number of thiophene rings is 1. The van der Waals surface area contributed by atoms with Gasteiger partial charge in [0.05, 0.1) is 30.9 Å². The molecule has 2 rings (SSSR count). The summed E-state index contributed by atoms with van der Waals surface area (Å²) in [5.41, 5.74) is -1.37. The molecule has 1 fully saturated rings. The Morgan fingerprint density at radius 1 is 1.00 bits per heavy atom. The van der Waals surface area contributed by atoms with Gasteiger partial charge in [0.1, 0.15) is 18.1 Å². The highest BCUT2D eigenvalue weighted by molar-refractivity contribution is 7.10. The van der Waals surface area contributed by atoms with Crippen molar-refractivity contribution >= 4 is 52.7 Å². The number of amides is 6. The van der Waals surface area contributed by atoms with Gasteiger partial charge in [-0.05, 0) is 50.0 Å². The number of nitrogens with one attached hydrogen (secondary N) is 4. The molecule has 298 valence electrons. The van der Waals surface area contributed by atoms with Crippen LogP contribution in [0.15, 0.2) is 17.5 Å². The van der Waals surface area contributed by atoms with E-state index in [1.165, 1.54) is 21.1 Å². The molecule has 0 radical (unpaired) electrons. The first-order valence-electron chi connectivity index (χ1n) is 18.1. The van der Waals surface area contributed by atoms with Gasteiger partial charge in [-0.15, -0.1) is 11.3 Å². The van der Waals surface area contributed by atoms with Crippen LogP contribution in [0.25, 0.3) is 0 Å². The third kappa shape index (κ3) is 14.4. The van der Waals surface area contributed by atoms with Crippen LogP contribution in [-0.4, -0.2) is 115 Å². The maximum absolute atomic E-state index is 14.2. The predicted molar refractivity (Wildman–Crippen MR) is 201 cm³/mol. The van der Waals surface area contributed by atoms with E-state index in [-0.39, 0.29) is 37.8 Å². The number of ketones is 1. The van der Waals surface area contributed by atoms with Gasteiger partial charge < -0.3 is 40.5 Å². The van der Waals surface area contributed by atoms with E-state index in [2.05, 4.69) is 21.3 Å². The molecule has 53 heavy (non-hydrogen) atoms. The fourth-order valence-electron chi connectivity index (χ4n) is 5.62. The number of Topliss-reactive ketones (excluding diaryl/α,β-unsaturated/α-hetero) is 1. The molecule has 0 aromatic carbocycles. The van der Waals surface area contributed by atoms with Crippen molar-refractivity contribution in [1.82, 2.24) is 31.1 Å². The molecule has 16 heteroatoms. The zero-order valence-electron chi connectivity index (χ0n) is 33.1. The van der Waals surface area contributed by atoms with E-state index in [4.69, 9.17) is 9.47 Å². The molecule has 1 unspecified atom stereocenters. The number of nitrogens with zero attached hydrogens (tertiary/aromatic N) is 2. The highest BCUT2D eigenvalue weighted by atomic mass is 32.1. The molecule has 1 saturated heterocycles. The normalized spacial score (nSPS) is 17.7. The van der Waals surface area contributed by atoms with Gasteiger partial charge in [0.2, 0.25) is 29.4 Å². The quantitative estimate of drug-likeness (QED) is 0.173. The second-order valence-corrected chi connectivity index (χ2v) is 17.0. The highest BCUT2D eigenvalue weighted by Crippen LogP contribution is 2.29. The molecular weight excluding hydrogens is 705 g/mol. The lowest BCUT2D eigenvalue weighted by atomic mass is 9.85. The van der Waals surface area contributed by atoms with Gasteiger partial charge in [-0.1, -0.05) is 60.5 Å². The Balaban J connectivity index is 2.26. The molecule has 5 atom stereocenters. The minimum absolute atomic E-state index is 0.0510. The van der Waals surface area contributed by atoms with Crippen molar-refractivity contribution < 1.29 is 43.0 Å². The van der Waals surface area contributed by atoms with Crippen LogP contribution in [0.1, 0.15) is 98.9 Å². The van der Waals surface area contributed by atoms with Crippen molar-refractivity contribution in [2.24, 2.45) is 11.3 Å². The minimum Gasteiger partial charge on any atom is -0.449 e. The molecular formula is C37H60N6O9S. The van der Waals surface area contributed by atoms with Crippen molar-refractivity contribution in [1.29, 1.82) is 0 Å². The van der Waals surface area contributed by atoms with Gasteiger partial charge >= 0.3 is 6.09 Å². The third-order valence-corrected chi connectivity index (χ3v) is 9.16. The van der Waals surface area contributed by atoms with Crippen LogP contribution in [0.5, 0.6) is 0 Å². The zero-order valence-corrected chi connectivity index (χ0v) is 33.9. The summed E-state index contributed by atoms with van der Waals surface area (Å²) >= 11 is 1.29. The van der Waals surface area contributed by atoms with Crippen molar-refractivity contribution in [3.05, 3.63) is 22.4 Å². The Labute approximate surface area is 317 Å². The summed E-state index contributed by atoms with van der Waals surface area (Å²) in [6.45, 7) is 16.2. The molecule has 4 N–H and O–H groups in total. The van der Waals surface area contributed by atoms with E-state index >= 15 is 0 Å². The molecule has 0 bridgehead atoms. The third-order valence-electron chi connectivity index (χ3n) is 8.22. The van der Waals surface area contributed by atoms with Crippen molar-refractivity contribution in [3.8, 4) is 0 Å². The molecule has 6 amide bonds. The number of hydrogen-bond donors (Lipinski definition) is 4. The lowest BCUT2D eigenvalue weighted by Gasteiger charge is -2.35. The van der Waals surface area contributed by atoms with Crippen LogP contribution in [0.2, 0.25) is 0 Å². The lowest BCUT2D eigenvalue weighted by Crippen LogP contribution is -2.59. The van der Waals surface area contributed by atoms with Crippen LogP contribution in [0.4, 0.5) is 4.79 Å². The van der Waals surface area contributed by atoms with Gasteiger partial charge in [0, 0.05) is 31.9 Å². The number of unbranched alkanes of at least 4 members (excludes halogenated alkanes) is 1. The summed E-state index contributed by atoms with van der Waals surface area (Å²) in [6, 6.07) is -0.908. The Hall–Kier alpha value is -4.05. The fourth-order valence-corrected chi connectivity index (χ4v) is 6.39. The summed E-state index contributed by atoms with van der Waals surface area (Å²) in [6.07, 6.45) is 0.112. The minimum atomic E-state index is -1.25. The molecule has 1 aliphatic rings. The molecule has 0 saturated carbocycles. The van der Waals surface area contributed by atoms with E-state index in [1.807, 2.05) is 41.5 Å². The van der Waals surface area contributed by atoms with Gasteiger partial charge in [-0.3, -0.25) is 28.8 Å². The summed E-state index contributed by atoms with van der Waals surface area (Å²) in [5.74, 6) is -4.19. The summed E-state index contributed by atoms with van der Waals surface area (Å²) in [5, 5.41) is 12.1. The Kier molecular flexibility index (Phi) is 16.9. The zero-order chi connectivity index (χ0) is 40.3. The molecule has 1 aromatic rings. The van der Waals surface area contributed by atoms with Crippen LogP contribution in [0, 0.1) is 11.3 Å². The van der Waals surface area contributed by atoms with Crippen molar-refractivity contribution in [2.45, 2.75) is 124 Å². The van der Waals surface area contributed by atoms with E-state index in [1.54, 1.807) is 52.4 Å². The van der Waals surface area contributed by atoms with Crippen LogP contribution >= 0.6 is 11.3 Å². The highest BCUT2D eigenvalue weighted by Gasteiger charge is 2.47. The van der Waals surface area contributed by atoms with Gasteiger partial charge in [0.25, 0.3) is 5.91 Å². The number of rotatable bonds is 17. The first-order chi connectivity index (χ1) is 24.5. The molecule has 0 aliphatic carbocycles. The number of likely N-dealkylation sites (tertiary alicyclic amines) is 1. The second-order valence-electron chi connectivity index (χ2n) is 16.0. The van der Waals surface area contributed by atoms with E-state index in [0.29, 0.717) is 17.7 Å². The topological polar surface area (TPSA) is 193 Å². The number of alkyl carbamates (subject to hydrolysis) is 1. The van der Waals surface area contributed by atoms with E-state index in [9.17, 15) is 33.6 Å². The number of carbonyl (C=O) groups excluding carboxylic acids is 7. The Bertz CT molecular complexity index is 1430. The van der Waals surface area contributed by atoms with Crippen molar-refractivity contribution in [2.75, 3.05) is 33.8 Å². The number of likely N-dealkylation sites (N-methyl/N-ethyl adjacent to an activating group) is 1. The smallest absolute Gasteiger partial charge is 0.407 e. The van der Waals surface area contributed by atoms with Gasteiger partial charge in [-0.25, -0.2) is 4.79 Å². The largest absolute Gasteiger partial charge is 0.449 e. The first-order valence-corrected chi connectivity index (χ1v) is 19.0. The predicted octanol–water partition coefficient (Wildman–Crippen LogP) is 2.94. The number of carbonyl (C=O) groups is 7. The number of ether oxygens (including phenoxy) is 2. The number of hydrogen-bond acceptors (Lipinski definition) is 10. The molecule has 1 aromatic heterocycles. The second kappa shape index (κ2) is 19.9. The summed E-state index contributed by atoms with van der Waals surface area (Å²) in [7, 11) is 3.12. The van der Waals surface area contributed by atoms with E-state index < -0.39 is 83.3 Å². The molecule has 15 nitrogen and oxygen atoms in total. The van der Waals surface area contributed by atoms with Crippen LogP contribution in [-0.2, 0) is 38.2 Å². The molecule has 1 aliphatic heterocycles. The Morgan fingerprint density at radius 2 is 1.66 bits per heavy atom.